The first-order chi connectivity index (χ1) is 12.1. The Morgan fingerprint density at radius 2 is 1.88 bits per heavy atom. The Labute approximate surface area is 150 Å². The van der Waals surface area contributed by atoms with Crippen LogP contribution in [0.4, 0.5) is 0 Å². The van der Waals surface area contributed by atoms with E-state index in [0.717, 1.165) is 23.3 Å². The molecule has 3 rings (SSSR count). The summed E-state index contributed by atoms with van der Waals surface area (Å²) >= 11 is 0. The fraction of sp³-hybridized carbons (Fsp3) is 0.409. The Bertz CT molecular complexity index is 739. The van der Waals surface area contributed by atoms with Crippen molar-refractivity contribution in [1.29, 1.82) is 0 Å². The van der Waals surface area contributed by atoms with Gasteiger partial charge in [0.1, 0.15) is 11.5 Å². The molecule has 2 aromatic carbocycles. The van der Waals surface area contributed by atoms with Crippen LogP contribution in [0.1, 0.15) is 38.7 Å². The first-order valence-electron chi connectivity index (χ1n) is 9.09. The van der Waals surface area contributed by atoms with Gasteiger partial charge in [0.05, 0.1) is 13.2 Å². The minimum atomic E-state index is 0.257. The van der Waals surface area contributed by atoms with Crippen LogP contribution in [0.2, 0.25) is 0 Å². The highest BCUT2D eigenvalue weighted by Gasteiger charge is 2.26. The molecule has 132 valence electrons. The Balaban J connectivity index is 1.94. The molecule has 1 aliphatic carbocycles. The zero-order valence-electron chi connectivity index (χ0n) is 15.3. The molecular formula is C22H27NO2. The maximum Gasteiger partial charge on any atom is 0.132 e. The van der Waals surface area contributed by atoms with E-state index in [1.165, 1.54) is 12.8 Å². The zero-order valence-corrected chi connectivity index (χ0v) is 15.3. The summed E-state index contributed by atoms with van der Waals surface area (Å²) in [7, 11) is 1.65. The van der Waals surface area contributed by atoms with Crippen LogP contribution in [-0.4, -0.2) is 24.5 Å². The molecule has 0 amide bonds. The highest BCUT2D eigenvalue weighted by atomic mass is 16.5. The maximum atomic E-state index is 10.8. The summed E-state index contributed by atoms with van der Waals surface area (Å²) in [6.45, 7) is 4.59. The Morgan fingerprint density at radius 3 is 2.60 bits per heavy atom. The number of phenols is 1. The van der Waals surface area contributed by atoms with Crippen molar-refractivity contribution in [3.63, 3.8) is 0 Å². The van der Waals surface area contributed by atoms with Crippen LogP contribution in [0, 0.1) is 11.8 Å². The number of phenolic OH excluding ortho intramolecular Hbond substituents is 1. The smallest absolute Gasteiger partial charge is 0.132 e. The third-order valence-electron chi connectivity index (χ3n) is 5.50. The quantitative estimate of drug-likeness (QED) is 0.768. The number of nitrogens with zero attached hydrogens (tertiary/aromatic N) is 1. The van der Waals surface area contributed by atoms with E-state index in [2.05, 4.69) is 13.8 Å². The fourth-order valence-corrected chi connectivity index (χ4v) is 3.62. The number of aliphatic imine (C=N–C) groups is 1. The van der Waals surface area contributed by atoms with E-state index >= 15 is 0 Å². The molecule has 1 aliphatic rings. The van der Waals surface area contributed by atoms with Gasteiger partial charge in [0.25, 0.3) is 0 Å². The van der Waals surface area contributed by atoms with Gasteiger partial charge in [0, 0.05) is 17.3 Å². The Morgan fingerprint density at radius 1 is 1.12 bits per heavy atom. The lowest BCUT2D eigenvalue weighted by Crippen LogP contribution is -2.27. The standard InChI is InChI=1S/C22H27NO2/c1-15-8-7-11-21(16(15)2)23-14-18-12-19(25-3)13-20(22(18)24)17-9-5-4-6-10-17/h4-6,9-10,12-16,21,24H,7-8,11H2,1-3H3. The van der Waals surface area contributed by atoms with Gasteiger partial charge in [-0.25, -0.2) is 0 Å². The molecule has 0 bridgehead atoms. The molecule has 0 spiro atoms. The number of aromatic hydroxyl groups is 1. The van der Waals surface area contributed by atoms with E-state index in [1.54, 1.807) is 7.11 Å². The Hall–Kier alpha value is -2.29. The number of benzene rings is 2. The number of ether oxygens (including phenoxy) is 1. The topological polar surface area (TPSA) is 41.8 Å². The fourth-order valence-electron chi connectivity index (χ4n) is 3.62. The minimum absolute atomic E-state index is 0.257. The van der Waals surface area contributed by atoms with E-state index < -0.39 is 0 Å². The first kappa shape index (κ1) is 17.5. The summed E-state index contributed by atoms with van der Waals surface area (Å²) in [4.78, 5) is 4.82. The van der Waals surface area contributed by atoms with Gasteiger partial charge in [0.15, 0.2) is 0 Å². The molecule has 0 saturated heterocycles. The van der Waals surface area contributed by atoms with Crippen LogP contribution < -0.4 is 4.74 Å². The SMILES string of the molecule is COc1cc(C=NC2CCCC(C)C2C)c(O)c(-c2ccccc2)c1. The predicted octanol–water partition coefficient (Wildman–Crippen LogP) is 5.31. The molecule has 1 N–H and O–H groups in total. The van der Waals surface area contributed by atoms with Gasteiger partial charge in [-0.05, 0) is 36.0 Å². The second-order valence-corrected chi connectivity index (χ2v) is 7.09. The molecule has 1 saturated carbocycles. The summed E-state index contributed by atoms with van der Waals surface area (Å²) in [6.07, 6.45) is 5.46. The Kier molecular flexibility index (Phi) is 5.42. The molecule has 0 heterocycles. The molecule has 0 radical (unpaired) electrons. The van der Waals surface area contributed by atoms with Crippen LogP contribution in [-0.2, 0) is 0 Å². The highest BCUT2D eigenvalue weighted by molar-refractivity contribution is 5.89. The highest BCUT2D eigenvalue weighted by Crippen LogP contribution is 2.36. The van der Waals surface area contributed by atoms with Crippen molar-refractivity contribution in [2.24, 2.45) is 16.8 Å². The zero-order chi connectivity index (χ0) is 17.8. The molecule has 3 heteroatoms. The van der Waals surface area contributed by atoms with E-state index in [-0.39, 0.29) is 5.75 Å². The van der Waals surface area contributed by atoms with Crippen molar-refractivity contribution in [3.05, 3.63) is 48.0 Å². The van der Waals surface area contributed by atoms with Crippen molar-refractivity contribution in [3.8, 4) is 22.6 Å². The molecule has 3 atom stereocenters. The summed E-state index contributed by atoms with van der Waals surface area (Å²) in [6, 6.07) is 13.9. The summed E-state index contributed by atoms with van der Waals surface area (Å²) in [5.74, 6) is 2.26. The largest absolute Gasteiger partial charge is 0.507 e. The van der Waals surface area contributed by atoms with E-state index in [9.17, 15) is 5.11 Å². The van der Waals surface area contributed by atoms with Gasteiger partial charge in [-0.1, -0.05) is 57.0 Å². The minimum Gasteiger partial charge on any atom is -0.507 e. The molecule has 1 fully saturated rings. The van der Waals surface area contributed by atoms with Gasteiger partial charge in [-0.3, -0.25) is 4.99 Å². The van der Waals surface area contributed by atoms with Crippen molar-refractivity contribution in [1.82, 2.24) is 0 Å². The van der Waals surface area contributed by atoms with Gasteiger partial charge in [-0.15, -0.1) is 0 Å². The molecule has 0 aromatic heterocycles. The van der Waals surface area contributed by atoms with Gasteiger partial charge >= 0.3 is 0 Å². The van der Waals surface area contributed by atoms with E-state index in [0.29, 0.717) is 23.4 Å². The predicted molar refractivity (Wildman–Crippen MR) is 104 cm³/mol. The van der Waals surface area contributed by atoms with Gasteiger partial charge in [0.2, 0.25) is 0 Å². The third-order valence-corrected chi connectivity index (χ3v) is 5.50. The molecule has 3 unspecified atom stereocenters. The monoisotopic (exact) mass is 337 g/mol. The van der Waals surface area contributed by atoms with Crippen LogP contribution in [0.5, 0.6) is 11.5 Å². The lowest BCUT2D eigenvalue weighted by atomic mass is 9.78. The lowest BCUT2D eigenvalue weighted by molar-refractivity contribution is 0.242. The van der Waals surface area contributed by atoms with Crippen LogP contribution >= 0.6 is 0 Å². The molecule has 0 aliphatic heterocycles. The summed E-state index contributed by atoms with van der Waals surface area (Å²) < 4.78 is 5.43. The van der Waals surface area contributed by atoms with E-state index in [4.69, 9.17) is 9.73 Å². The van der Waals surface area contributed by atoms with Crippen molar-refractivity contribution >= 4 is 6.21 Å². The second-order valence-electron chi connectivity index (χ2n) is 7.09. The maximum absolute atomic E-state index is 10.8. The van der Waals surface area contributed by atoms with E-state index in [1.807, 2.05) is 48.7 Å². The normalized spacial score (nSPS) is 23.7. The van der Waals surface area contributed by atoms with Crippen LogP contribution in [0.3, 0.4) is 0 Å². The third kappa shape index (κ3) is 3.87. The lowest BCUT2D eigenvalue weighted by Gasteiger charge is -2.31. The molecule has 3 nitrogen and oxygen atoms in total. The van der Waals surface area contributed by atoms with Crippen molar-refractivity contribution < 1.29 is 9.84 Å². The number of hydrogen-bond donors (Lipinski definition) is 1. The molecule has 2 aromatic rings. The van der Waals surface area contributed by atoms with Crippen molar-refractivity contribution in [2.45, 2.75) is 39.2 Å². The van der Waals surface area contributed by atoms with Gasteiger partial charge in [-0.2, -0.15) is 0 Å². The summed E-state index contributed by atoms with van der Waals surface area (Å²) in [5.41, 5.74) is 2.45. The molecular weight excluding hydrogens is 310 g/mol. The van der Waals surface area contributed by atoms with Crippen LogP contribution in [0.15, 0.2) is 47.5 Å². The summed E-state index contributed by atoms with van der Waals surface area (Å²) in [5, 5.41) is 10.8. The van der Waals surface area contributed by atoms with Crippen LogP contribution in [0.25, 0.3) is 11.1 Å². The van der Waals surface area contributed by atoms with Crippen molar-refractivity contribution in [2.75, 3.05) is 7.11 Å². The average Bonchev–Trinajstić information content (AvgIpc) is 2.64. The first-order valence-corrected chi connectivity index (χ1v) is 9.09. The average molecular weight is 337 g/mol. The number of hydrogen-bond acceptors (Lipinski definition) is 3. The number of methoxy groups -OCH3 is 1. The molecule has 25 heavy (non-hydrogen) atoms. The second kappa shape index (κ2) is 7.73. The number of rotatable bonds is 4. The van der Waals surface area contributed by atoms with Gasteiger partial charge < -0.3 is 9.84 Å².